The lowest BCUT2D eigenvalue weighted by atomic mass is 10.1. The molecule has 1 nitrogen and oxygen atoms in total. The molecule has 14 heavy (non-hydrogen) atoms. The van der Waals surface area contributed by atoms with Gasteiger partial charge in [0.15, 0.2) is 0 Å². The van der Waals surface area contributed by atoms with E-state index in [0.717, 1.165) is 22.0 Å². The molecular weight excluding hydrogens is 212 g/mol. The van der Waals surface area contributed by atoms with Crippen molar-refractivity contribution in [1.82, 2.24) is 0 Å². The Labute approximate surface area is 96.3 Å². The molecule has 1 atom stereocenters. The molecule has 0 fully saturated rings. The molecule has 0 aromatic rings. The third-order valence-electron chi connectivity index (χ3n) is 2.17. The lowest BCUT2D eigenvalue weighted by Gasteiger charge is -2.16. The van der Waals surface area contributed by atoms with Crippen molar-refractivity contribution in [2.45, 2.75) is 51.6 Å². The van der Waals surface area contributed by atoms with Crippen LogP contribution in [-0.4, -0.2) is 22.2 Å². The first-order chi connectivity index (χ1) is 6.70. The molecule has 0 saturated carbocycles. The van der Waals surface area contributed by atoms with E-state index in [9.17, 15) is 0 Å². The highest BCUT2D eigenvalue weighted by molar-refractivity contribution is 6.20. The summed E-state index contributed by atoms with van der Waals surface area (Å²) in [6.07, 6.45) is 7.79. The lowest BCUT2D eigenvalue weighted by Crippen LogP contribution is -2.14. The molecule has 0 aromatic heterocycles. The average molecular weight is 235 g/mol. The smallest absolute Gasteiger partial charge is 0.111 e. The van der Waals surface area contributed by atoms with E-state index in [1.165, 1.54) is 32.1 Å². The average Bonchev–Trinajstić information content (AvgIpc) is 2.15. The highest BCUT2D eigenvalue weighted by atomic mass is 35.5. The van der Waals surface area contributed by atoms with Crippen molar-refractivity contribution in [3.05, 3.63) is 12.0 Å². The Balaban J connectivity index is 3.38. The highest BCUT2D eigenvalue weighted by Crippen LogP contribution is 2.12. The van der Waals surface area contributed by atoms with Crippen LogP contribution in [-0.2, 0) is 4.74 Å². The normalized spacial score (nSPS) is 12.7. The van der Waals surface area contributed by atoms with Crippen LogP contribution in [0.1, 0.15) is 45.4 Å². The Hall–Kier alpha value is 0.0469. The molecule has 0 radical (unpaired) electrons. The number of alkyl halides is 1. The zero-order valence-corrected chi connectivity index (χ0v) is 12.3. The van der Waals surface area contributed by atoms with Crippen LogP contribution in [0.3, 0.4) is 0 Å². The van der Waals surface area contributed by atoms with E-state index in [0.29, 0.717) is 5.88 Å². The minimum Gasteiger partial charge on any atom is -0.500 e. The van der Waals surface area contributed by atoms with Gasteiger partial charge in [0.1, 0.15) is 6.10 Å². The van der Waals surface area contributed by atoms with E-state index >= 15 is 0 Å². The molecule has 0 N–H and O–H groups in total. The van der Waals surface area contributed by atoms with Crippen LogP contribution in [0.5, 0.6) is 0 Å². The molecule has 0 bridgehead atoms. The van der Waals surface area contributed by atoms with Gasteiger partial charge in [-0.3, -0.25) is 0 Å². The molecule has 3 heteroatoms. The number of unbranched alkanes of at least 4 members (excludes halogenated alkanes) is 4. The second-order valence-electron chi connectivity index (χ2n) is 3.80. The number of rotatable bonds is 9. The summed E-state index contributed by atoms with van der Waals surface area (Å²) in [6, 6.07) is 0. The SMILES string of the molecule is C=C([SiH3])OC(CCl)CCCCCCC. The van der Waals surface area contributed by atoms with Gasteiger partial charge in [-0.15, -0.1) is 11.6 Å². The predicted octanol–water partition coefficient (Wildman–Crippen LogP) is 2.81. The maximum Gasteiger partial charge on any atom is 0.111 e. The lowest BCUT2D eigenvalue weighted by molar-refractivity contribution is 0.143. The number of hydrogen-bond acceptors (Lipinski definition) is 1. The van der Waals surface area contributed by atoms with Crippen LogP contribution in [0, 0.1) is 0 Å². The number of halogens is 1. The molecule has 0 heterocycles. The van der Waals surface area contributed by atoms with Crippen molar-refractivity contribution in [1.29, 1.82) is 0 Å². The second-order valence-corrected chi connectivity index (χ2v) is 5.22. The van der Waals surface area contributed by atoms with Gasteiger partial charge < -0.3 is 4.74 Å². The Morgan fingerprint density at radius 1 is 1.36 bits per heavy atom. The summed E-state index contributed by atoms with van der Waals surface area (Å²) in [5.41, 5.74) is 0. The number of ether oxygens (including phenoxy) is 1. The fraction of sp³-hybridized carbons (Fsp3) is 0.818. The second kappa shape index (κ2) is 9.60. The minimum atomic E-state index is 0.197. The molecule has 84 valence electrons. The van der Waals surface area contributed by atoms with Crippen LogP contribution in [0.2, 0.25) is 0 Å². The molecule has 0 saturated heterocycles. The first-order valence-electron chi connectivity index (χ1n) is 5.58. The first kappa shape index (κ1) is 14.0. The Kier molecular flexibility index (Phi) is 9.63. The standard InChI is InChI=1S/C11H23ClOSi/c1-3-4-5-6-7-8-11(9-12)13-10(2)14/h11H,2-9H2,1,14H3. The first-order valence-corrected chi connectivity index (χ1v) is 7.12. The molecule has 0 aliphatic carbocycles. The molecule has 0 aliphatic heterocycles. The van der Waals surface area contributed by atoms with E-state index in [1.807, 2.05) is 0 Å². The van der Waals surface area contributed by atoms with Crippen molar-refractivity contribution < 1.29 is 4.74 Å². The highest BCUT2D eigenvalue weighted by Gasteiger charge is 2.07. The summed E-state index contributed by atoms with van der Waals surface area (Å²) < 4.78 is 5.54. The van der Waals surface area contributed by atoms with Crippen molar-refractivity contribution in [2.24, 2.45) is 0 Å². The summed E-state index contributed by atoms with van der Waals surface area (Å²) in [5.74, 6) is 0.592. The Morgan fingerprint density at radius 2 is 2.00 bits per heavy atom. The maximum atomic E-state index is 5.80. The molecule has 0 rings (SSSR count). The van der Waals surface area contributed by atoms with Gasteiger partial charge in [-0.05, 0) is 12.8 Å². The third-order valence-corrected chi connectivity index (χ3v) is 2.75. The zero-order chi connectivity index (χ0) is 10.8. The molecule has 0 aromatic carbocycles. The van der Waals surface area contributed by atoms with Crippen molar-refractivity contribution in [3.63, 3.8) is 0 Å². The topological polar surface area (TPSA) is 9.23 Å². The third kappa shape index (κ3) is 8.64. The summed E-state index contributed by atoms with van der Waals surface area (Å²) in [7, 11) is 0.907. The summed E-state index contributed by atoms with van der Waals surface area (Å²) in [5, 5.41) is 0.907. The van der Waals surface area contributed by atoms with Crippen LogP contribution in [0.15, 0.2) is 12.0 Å². The van der Waals surface area contributed by atoms with Gasteiger partial charge >= 0.3 is 0 Å². The minimum absolute atomic E-state index is 0.197. The summed E-state index contributed by atoms with van der Waals surface area (Å²) >= 11 is 5.80. The van der Waals surface area contributed by atoms with Gasteiger partial charge in [-0.2, -0.15) is 0 Å². The van der Waals surface area contributed by atoms with Crippen LogP contribution >= 0.6 is 11.6 Å². The maximum absolute atomic E-state index is 5.80. The largest absolute Gasteiger partial charge is 0.500 e. The van der Waals surface area contributed by atoms with Gasteiger partial charge in [-0.25, -0.2) is 0 Å². The van der Waals surface area contributed by atoms with Crippen molar-refractivity contribution in [3.8, 4) is 0 Å². The molecular formula is C11H23ClOSi. The van der Waals surface area contributed by atoms with Crippen LogP contribution < -0.4 is 0 Å². The number of hydrogen-bond donors (Lipinski definition) is 0. The molecule has 0 spiro atoms. The fourth-order valence-corrected chi connectivity index (χ4v) is 1.98. The molecule has 0 amide bonds. The van der Waals surface area contributed by atoms with Gasteiger partial charge in [0, 0.05) is 0 Å². The Morgan fingerprint density at radius 3 is 2.50 bits per heavy atom. The van der Waals surface area contributed by atoms with Crippen molar-refractivity contribution >= 4 is 21.8 Å². The summed E-state index contributed by atoms with van der Waals surface area (Å²) in [4.78, 5) is 0. The van der Waals surface area contributed by atoms with Gasteiger partial charge in [-0.1, -0.05) is 39.2 Å². The van der Waals surface area contributed by atoms with Gasteiger partial charge in [0.2, 0.25) is 0 Å². The van der Waals surface area contributed by atoms with Crippen molar-refractivity contribution in [2.75, 3.05) is 5.88 Å². The van der Waals surface area contributed by atoms with E-state index in [4.69, 9.17) is 16.3 Å². The fourth-order valence-electron chi connectivity index (χ4n) is 1.43. The Bertz CT molecular complexity index is 150. The molecule has 0 aliphatic rings. The van der Waals surface area contributed by atoms with Gasteiger partial charge in [0.05, 0.1) is 21.5 Å². The van der Waals surface area contributed by atoms with E-state index < -0.39 is 0 Å². The predicted molar refractivity (Wildman–Crippen MR) is 68.0 cm³/mol. The van der Waals surface area contributed by atoms with Gasteiger partial charge in [0.25, 0.3) is 0 Å². The summed E-state index contributed by atoms with van der Waals surface area (Å²) in [6.45, 7) is 6.01. The monoisotopic (exact) mass is 234 g/mol. The van der Waals surface area contributed by atoms with E-state index in [-0.39, 0.29) is 6.10 Å². The zero-order valence-electron chi connectivity index (χ0n) is 9.52. The molecule has 1 unspecified atom stereocenters. The quantitative estimate of drug-likeness (QED) is 0.258. The van der Waals surface area contributed by atoms with E-state index in [1.54, 1.807) is 0 Å². The van der Waals surface area contributed by atoms with E-state index in [2.05, 4.69) is 13.5 Å². The van der Waals surface area contributed by atoms with Crippen LogP contribution in [0.4, 0.5) is 0 Å². The van der Waals surface area contributed by atoms with Crippen LogP contribution in [0.25, 0.3) is 0 Å².